The summed E-state index contributed by atoms with van der Waals surface area (Å²) in [5.74, 6) is -0.903. The fourth-order valence-corrected chi connectivity index (χ4v) is 4.15. The summed E-state index contributed by atoms with van der Waals surface area (Å²) < 4.78 is 6.57. The number of hydrogen-bond acceptors (Lipinski definition) is 4. The first-order valence-corrected chi connectivity index (χ1v) is 10.7. The fourth-order valence-electron chi connectivity index (χ4n) is 3.99. The van der Waals surface area contributed by atoms with Crippen molar-refractivity contribution in [1.29, 1.82) is 0 Å². The second-order valence-corrected chi connectivity index (χ2v) is 8.28. The van der Waals surface area contributed by atoms with E-state index in [4.69, 9.17) is 16.0 Å². The average molecular weight is 446 g/mol. The van der Waals surface area contributed by atoms with Gasteiger partial charge in [0.25, 0.3) is 5.91 Å². The van der Waals surface area contributed by atoms with Crippen LogP contribution in [0.1, 0.15) is 29.2 Å². The molecular formula is C25H20ClN3O3. The SMILES string of the molecule is Cc1ccc(C2=NN(C(=O)Cn3c(=O)oc4ccc(Cl)cc43)C(c3ccccc3)C2)cc1. The number of aromatic nitrogens is 1. The first-order chi connectivity index (χ1) is 15.5. The second kappa shape index (κ2) is 8.13. The van der Waals surface area contributed by atoms with E-state index in [1.54, 1.807) is 18.2 Å². The molecule has 1 aliphatic heterocycles. The van der Waals surface area contributed by atoms with Crippen LogP contribution >= 0.6 is 11.6 Å². The minimum atomic E-state index is -0.603. The Morgan fingerprint density at radius 3 is 2.59 bits per heavy atom. The predicted octanol–water partition coefficient (Wildman–Crippen LogP) is 4.93. The number of hydrazone groups is 1. The van der Waals surface area contributed by atoms with Crippen LogP contribution in [0.25, 0.3) is 11.1 Å². The second-order valence-electron chi connectivity index (χ2n) is 7.85. The molecule has 0 radical (unpaired) electrons. The van der Waals surface area contributed by atoms with E-state index in [0.717, 1.165) is 22.4 Å². The van der Waals surface area contributed by atoms with E-state index in [9.17, 15) is 9.59 Å². The maximum absolute atomic E-state index is 13.4. The maximum Gasteiger partial charge on any atom is 0.420 e. The summed E-state index contributed by atoms with van der Waals surface area (Å²) in [6, 6.07) is 22.5. The largest absolute Gasteiger partial charge is 0.420 e. The van der Waals surface area contributed by atoms with Gasteiger partial charge in [0.1, 0.15) is 6.54 Å². The third-order valence-corrected chi connectivity index (χ3v) is 5.89. The van der Waals surface area contributed by atoms with E-state index >= 15 is 0 Å². The van der Waals surface area contributed by atoms with Crippen LogP contribution in [0.4, 0.5) is 0 Å². The van der Waals surface area contributed by atoms with Gasteiger partial charge in [0.05, 0.1) is 17.3 Å². The highest BCUT2D eigenvalue weighted by Crippen LogP contribution is 2.33. The summed E-state index contributed by atoms with van der Waals surface area (Å²) in [7, 11) is 0. The van der Waals surface area contributed by atoms with Gasteiger partial charge in [-0.1, -0.05) is 71.8 Å². The number of rotatable bonds is 4. The van der Waals surface area contributed by atoms with Crippen LogP contribution in [0.5, 0.6) is 0 Å². The van der Waals surface area contributed by atoms with Gasteiger partial charge in [0, 0.05) is 11.4 Å². The van der Waals surface area contributed by atoms with E-state index in [2.05, 4.69) is 5.10 Å². The number of hydrogen-bond donors (Lipinski definition) is 0. The summed E-state index contributed by atoms with van der Waals surface area (Å²) in [4.78, 5) is 25.8. The van der Waals surface area contributed by atoms with Crippen molar-refractivity contribution < 1.29 is 9.21 Å². The molecule has 1 atom stereocenters. The molecule has 1 unspecified atom stereocenters. The quantitative estimate of drug-likeness (QED) is 0.447. The monoisotopic (exact) mass is 445 g/mol. The highest BCUT2D eigenvalue weighted by Gasteiger charge is 2.33. The molecular weight excluding hydrogens is 426 g/mol. The molecule has 0 N–H and O–H groups in total. The van der Waals surface area contributed by atoms with Crippen LogP contribution in [0.2, 0.25) is 5.02 Å². The molecule has 0 bridgehead atoms. The Morgan fingerprint density at radius 1 is 1.09 bits per heavy atom. The lowest BCUT2D eigenvalue weighted by atomic mass is 9.98. The summed E-state index contributed by atoms with van der Waals surface area (Å²) in [6.07, 6.45) is 0.589. The number of nitrogens with zero attached hydrogens (tertiary/aromatic N) is 3. The zero-order valence-electron chi connectivity index (χ0n) is 17.4. The summed E-state index contributed by atoms with van der Waals surface area (Å²) in [5.41, 5.74) is 4.82. The summed E-state index contributed by atoms with van der Waals surface area (Å²) >= 11 is 6.09. The van der Waals surface area contributed by atoms with Gasteiger partial charge in [-0.2, -0.15) is 5.10 Å². The van der Waals surface area contributed by atoms with Gasteiger partial charge >= 0.3 is 5.76 Å². The number of amides is 1. The van der Waals surface area contributed by atoms with Gasteiger partial charge in [0.15, 0.2) is 5.58 Å². The molecule has 0 fully saturated rings. The Morgan fingerprint density at radius 2 is 1.84 bits per heavy atom. The van der Waals surface area contributed by atoms with Gasteiger partial charge in [-0.15, -0.1) is 0 Å². The lowest BCUT2D eigenvalue weighted by Crippen LogP contribution is -2.32. The zero-order chi connectivity index (χ0) is 22.2. The maximum atomic E-state index is 13.4. The van der Waals surface area contributed by atoms with E-state index in [1.807, 2.05) is 61.5 Å². The predicted molar refractivity (Wildman–Crippen MR) is 124 cm³/mol. The fraction of sp³-hybridized carbons (Fsp3) is 0.160. The molecule has 1 aromatic heterocycles. The van der Waals surface area contributed by atoms with E-state index in [-0.39, 0.29) is 18.5 Å². The molecule has 1 aliphatic rings. The third kappa shape index (κ3) is 3.74. The Bertz CT molecular complexity index is 1390. The molecule has 0 spiro atoms. The molecule has 160 valence electrons. The minimum absolute atomic E-state index is 0.194. The van der Waals surface area contributed by atoms with Crippen molar-refractivity contribution in [3.8, 4) is 0 Å². The lowest BCUT2D eigenvalue weighted by molar-refractivity contribution is -0.133. The van der Waals surface area contributed by atoms with Crippen LogP contribution in [-0.2, 0) is 11.3 Å². The average Bonchev–Trinajstić information content (AvgIpc) is 3.37. The highest BCUT2D eigenvalue weighted by molar-refractivity contribution is 6.31. The molecule has 1 amide bonds. The van der Waals surface area contributed by atoms with Crippen molar-refractivity contribution in [3.63, 3.8) is 0 Å². The van der Waals surface area contributed by atoms with Crippen molar-refractivity contribution in [3.05, 3.63) is 105 Å². The van der Waals surface area contributed by atoms with Crippen LogP contribution < -0.4 is 5.76 Å². The van der Waals surface area contributed by atoms with Crippen molar-refractivity contribution in [2.45, 2.75) is 25.9 Å². The molecule has 5 rings (SSSR count). The Balaban J connectivity index is 1.51. The number of halogens is 1. The smallest absolute Gasteiger partial charge is 0.408 e. The Kier molecular flexibility index (Phi) is 5.15. The molecule has 4 aromatic rings. The van der Waals surface area contributed by atoms with Crippen molar-refractivity contribution in [2.75, 3.05) is 0 Å². The van der Waals surface area contributed by atoms with Crippen molar-refractivity contribution in [1.82, 2.24) is 9.58 Å². The topological polar surface area (TPSA) is 67.8 Å². The number of oxazole rings is 1. The standard InChI is InChI=1S/C25H20ClN3O3/c1-16-7-9-17(10-8-16)20-14-21(18-5-3-2-4-6-18)29(27-20)24(30)15-28-22-13-19(26)11-12-23(22)32-25(28)31/h2-13,21H,14-15H2,1H3. The van der Waals surface area contributed by atoms with Crippen LogP contribution in [0.3, 0.4) is 0 Å². The number of carbonyl (C=O) groups excluding carboxylic acids is 1. The normalized spacial score (nSPS) is 15.9. The molecule has 3 aromatic carbocycles. The molecule has 6 nitrogen and oxygen atoms in total. The van der Waals surface area contributed by atoms with Crippen LogP contribution in [0, 0.1) is 6.92 Å². The summed E-state index contributed by atoms with van der Waals surface area (Å²) in [5, 5.41) is 6.63. The van der Waals surface area contributed by atoms with Gasteiger partial charge < -0.3 is 4.42 Å². The van der Waals surface area contributed by atoms with Gasteiger partial charge in [-0.25, -0.2) is 9.80 Å². The lowest BCUT2D eigenvalue weighted by Gasteiger charge is -2.22. The van der Waals surface area contributed by atoms with Crippen LogP contribution in [-0.4, -0.2) is 21.2 Å². The molecule has 0 saturated heterocycles. The van der Waals surface area contributed by atoms with Gasteiger partial charge in [-0.05, 0) is 36.2 Å². The van der Waals surface area contributed by atoms with Crippen molar-refractivity contribution in [2.24, 2.45) is 5.10 Å². The van der Waals surface area contributed by atoms with E-state index < -0.39 is 5.76 Å². The van der Waals surface area contributed by atoms with Gasteiger partial charge in [-0.3, -0.25) is 9.36 Å². The first-order valence-electron chi connectivity index (χ1n) is 10.3. The zero-order valence-corrected chi connectivity index (χ0v) is 18.1. The molecule has 2 heterocycles. The van der Waals surface area contributed by atoms with Crippen molar-refractivity contribution >= 4 is 34.3 Å². The molecule has 7 heteroatoms. The molecule has 32 heavy (non-hydrogen) atoms. The molecule has 0 saturated carbocycles. The first kappa shape index (κ1) is 20.3. The Labute approximate surface area is 189 Å². The van der Waals surface area contributed by atoms with Crippen LogP contribution in [0.15, 0.2) is 87.1 Å². The third-order valence-electron chi connectivity index (χ3n) is 5.66. The summed E-state index contributed by atoms with van der Waals surface area (Å²) in [6.45, 7) is 1.84. The number of aryl methyl sites for hydroxylation is 1. The van der Waals surface area contributed by atoms with E-state index in [0.29, 0.717) is 22.5 Å². The van der Waals surface area contributed by atoms with Gasteiger partial charge in [0.2, 0.25) is 0 Å². The molecule has 0 aliphatic carbocycles. The Hall–Kier alpha value is -3.64. The minimum Gasteiger partial charge on any atom is -0.408 e. The number of benzene rings is 3. The number of fused-ring (bicyclic) bond motifs is 1. The van der Waals surface area contributed by atoms with E-state index in [1.165, 1.54) is 9.58 Å². The number of carbonyl (C=O) groups is 1. The highest BCUT2D eigenvalue weighted by atomic mass is 35.5.